The van der Waals surface area contributed by atoms with Crippen LogP contribution in [0.15, 0.2) is 91.0 Å². The minimum absolute atomic E-state index is 0.441. The summed E-state index contributed by atoms with van der Waals surface area (Å²) in [7, 11) is 0.314. The average molecular weight is 442 g/mol. The summed E-state index contributed by atoms with van der Waals surface area (Å²) in [5, 5.41) is 3.01. The van der Waals surface area contributed by atoms with Gasteiger partial charge in [0.05, 0.1) is 8.07 Å². The molecule has 0 N–H and O–H groups in total. The second-order valence-electron chi connectivity index (χ2n) is 10.2. The van der Waals surface area contributed by atoms with Crippen LogP contribution >= 0.6 is 0 Å². The Hall–Kier alpha value is -3.36. The van der Waals surface area contributed by atoms with Gasteiger partial charge in [0.25, 0.3) is 0 Å². The molecule has 4 aromatic carbocycles. The Morgan fingerprint density at radius 1 is 0.727 bits per heavy atom. The summed E-state index contributed by atoms with van der Waals surface area (Å²) in [4.78, 5) is 0. The van der Waals surface area contributed by atoms with Gasteiger partial charge in [-0.25, -0.2) is 0 Å². The second-order valence-corrected chi connectivity index (χ2v) is 14.8. The van der Waals surface area contributed by atoms with Crippen molar-refractivity contribution in [3.63, 3.8) is 0 Å². The van der Waals surface area contributed by atoms with Crippen molar-refractivity contribution in [1.29, 1.82) is 0 Å². The molecule has 160 valence electrons. The molecule has 0 radical (unpaired) electrons. The lowest BCUT2D eigenvalue weighted by Gasteiger charge is -2.34. The van der Waals surface area contributed by atoms with E-state index >= 15 is 0 Å². The highest BCUT2D eigenvalue weighted by Gasteiger charge is 2.46. The molecule has 2 aliphatic carbocycles. The van der Waals surface area contributed by atoms with Crippen LogP contribution in [0.25, 0.3) is 33.2 Å². The van der Waals surface area contributed by atoms with Crippen molar-refractivity contribution in [2.24, 2.45) is 7.05 Å². The predicted octanol–water partition coefficient (Wildman–Crippen LogP) is 7.02. The van der Waals surface area contributed by atoms with Crippen LogP contribution in [0.4, 0.5) is 0 Å². The second kappa shape index (κ2) is 6.58. The highest BCUT2D eigenvalue weighted by Crippen LogP contribution is 2.53. The number of hydrogen-bond acceptors (Lipinski definition) is 0. The Morgan fingerprint density at radius 2 is 1.42 bits per heavy atom. The summed E-state index contributed by atoms with van der Waals surface area (Å²) in [6.45, 7) is 5.19. The van der Waals surface area contributed by atoms with E-state index in [9.17, 15) is 0 Å². The van der Waals surface area contributed by atoms with E-state index in [-0.39, 0.29) is 0 Å². The SMILES string of the molecule is Cn1c2c(c3ccccc31)-c1ccccc1C2[Si](C)(C)c1cccc2c1Cc1ccccc1-2. The van der Waals surface area contributed by atoms with Crippen LogP contribution in [0.1, 0.15) is 27.9 Å². The normalized spacial score (nSPS) is 15.9. The third-order valence-electron chi connectivity index (χ3n) is 8.23. The van der Waals surface area contributed by atoms with Gasteiger partial charge in [0, 0.05) is 34.7 Å². The van der Waals surface area contributed by atoms with Gasteiger partial charge in [-0.05, 0) is 45.9 Å². The van der Waals surface area contributed by atoms with Crippen molar-refractivity contribution in [3.8, 4) is 22.3 Å². The third-order valence-corrected chi connectivity index (χ3v) is 12.1. The molecule has 33 heavy (non-hydrogen) atoms. The van der Waals surface area contributed by atoms with E-state index in [1.54, 1.807) is 10.8 Å². The van der Waals surface area contributed by atoms with E-state index < -0.39 is 8.07 Å². The van der Waals surface area contributed by atoms with Crippen LogP contribution in [-0.4, -0.2) is 12.6 Å². The first-order valence-corrected chi connectivity index (χ1v) is 15.0. The van der Waals surface area contributed by atoms with E-state index in [0.29, 0.717) is 5.54 Å². The average Bonchev–Trinajstić information content (AvgIpc) is 3.48. The van der Waals surface area contributed by atoms with Crippen LogP contribution in [0.3, 0.4) is 0 Å². The number of fused-ring (bicyclic) bond motifs is 8. The molecule has 2 aliphatic rings. The van der Waals surface area contributed by atoms with Crippen molar-refractivity contribution in [2.75, 3.05) is 0 Å². The Balaban J connectivity index is 1.50. The summed E-state index contributed by atoms with van der Waals surface area (Å²) in [5.74, 6) is 0. The molecule has 1 heterocycles. The molecule has 1 unspecified atom stereocenters. The molecule has 0 bridgehead atoms. The van der Waals surface area contributed by atoms with Crippen LogP contribution < -0.4 is 5.19 Å². The molecule has 1 nitrogen and oxygen atoms in total. The first-order valence-electron chi connectivity index (χ1n) is 11.9. The zero-order valence-corrected chi connectivity index (χ0v) is 20.4. The Labute approximate surface area is 196 Å². The number of aromatic nitrogens is 1. The quantitative estimate of drug-likeness (QED) is 0.255. The van der Waals surface area contributed by atoms with Gasteiger partial charge < -0.3 is 4.57 Å². The van der Waals surface area contributed by atoms with E-state index in [2.05, 4.69) is 116 Å². The van der Waals surface area contributed by atoms with Crippen LogP contribution in [0, 0.1) is 0 Å². The molecule has 0 fully saturated rings. The van der Waals surface area contributed by atoms with E-state index in [0.717, 1.165) is 6.42 Å². The summed E-state index contributed by atoms with van der Waals surface area (Å²) < 4.78 is 2.49. The minimum Gasteiger partial charge on any atom is -0.347 e. The topological polar surface area (TPSA) is 4.93 Å². The predicted molar refractivity (Wildman–Crippen MR) is 142 cm³/mol. The van der Waals surface area contributed by atoms with Gasteiger partial charge in [-0.1, -0.05) is 103 Å². The lowest BCUT2D eigenvalue weighted by atomic mass is 10.0. The van der Waals surface area contributed by atoms with Crippen molar-refractivity contribution in [2.45, 2.75) is 25.1 Å². The van der Waals surface area contributed by atoms with E-state index in [1.807, 2.05) is 0 Å². The van der Waals surface area contributed by atoms with Gasteiger partial charge in [0.2, 0.25) is 0 Å². The highest BCUT2D eigenvalue weighted by atomic mass is 28.3. The molecule has 0 saturated heterocycles. The molecule has 2 heteroatoms. The lowest BCUT2D eigenvalue weighted by Crippen LogP contribution is -2.49. The van der Waals surface area contributed by atoms with Crippen molar-refractivity contribution < 1.29 is 0 Å². The molecule has 0 aliphatic heterocycles. The first-order chi connectivity index (χ1) is 16.1. The molecular formula is C31H27NSi. The lowest BCUT2D eigenvalue weighted by molar-refractivity contribution is 0.869. The van der Waals surface area contributed by atoms with Crippen LogP contribution in [0.5, 0.6) is 0 Å². The fourth-order valence-electron chi connectivity index (χ4n) is 6.80. The Bertz CT molecular complexity index is 1590. The summed E-state index contributed by atoms with van der Waals surface area (Å²) in [6, 6.07) is 34.1. The molecule has 5 aromatic rings. The number of para-hydroxylation sites is 1. The molecule has 0 saturated carbocycles. The fraction of sp³-hybridized carbons (Fsp3) is 0.161. The van der Waals surface area contributed by atoms with Crippen molar-refractivity contribution in [1.82, 2.24) is 4.57 Å². The van der Waals surface area contributed by atoms with Crippen molar-refractivity contribution in [3.05, 3.63) is 113 Å². The fourth-order valence-corrected chi connectivity index (χ4v) is 10.7. The van der Waals surface area contributed by atoms with E-state index in [4.69, 9.17) is 0 Å². The van der Waals surface area contributed by atoms with E-state index in [1.165, 1.54) is 50.0 Å². The monoisotopic (exact) mass is 441 g/mol. The first kappa shape index (κ1) is 19.1. The molecule has 1 atom stereocenters. The third kappa shape index (κ3) is 2.42. The number of aryl methyl sites for hydroxylation is 1. The summed E-state index contributed by atoms with van der Waals surface area (Å²) in [6.07, 6.45) is 1.06. The van der Waals surface area contributed by atoms with Gasteiger partial charge in [-0.3, -0.25) is 0 Å². The van der Waals surface area contributed by atoms with Crippen molar-refractivity contribution >= 4 is 24.2 Å². The number of nitrogens with zero attached hydrogens (tertiary/aromatic N) is 1. The van der Waals surface area contributed by atoms with Gasteiger partial charge in [-0.2, -0.15) is 0 Å². The number of rotatable bonds is 2. The van der Waals surface area contributed by atoms with Gasteiger partial charge in [0.15, 0.2) is 0 Å². The zero-order chi connectivity index (χ0) is 22.3. The largest absolute Gasteiger partial charge is 0.347 e. The Morgan fingerprint density at radius 3 is 2.30 bits per heavy atom. The molecule has 7 rings (SSSR count). The maximum atomic E-state index is 2.60. The maximum Gasteiger partial charge on any atom is 0.0950 e. The molecule has 1 aromatic heterocycles. The highest BCUT2D eigenvalue weighted by molar-refractivity contribution is 6.92. The Kier molecular flexibility index (Phi) is 3.82. The summed E-state index contributed by atoms with van der Waals surface area (Å²) >= 11 is 0. The van der Waals surface area contributed by atoms with Gasteiger partial charge in [-0.15, -0.1) is 0 Å². The number of benzene rings is 4. The molecule has 0 spiro atoms. The molecule has 0 amide bonds. The maximum absolute atomic E-state index is 2.60. The standard InChI is InChI=1S/C31H27NSi/c1-32-27-17-9-8-15-25(27)29-23-13-6-7-14-24(23)31(30(29)32)33(2,3)28-18-10-16-22-21-12-5-4-11-20(21)19-26(22)28/h4-18,31H,19H2,1-3H3. The minimum atomic E-state index is -1.96. The van der Waals surface area contributed by atoms with Gasteiger partial charge in [0.1, 0.15) is 0 Å². The smallest absolute Gasteiger partial charge is 0.0950 e. The summed E-state index contributed by atoms with van der Waals surface area (Å²) in [5.41, 5.74) is 13.6. The zero-order valence-electron chi connectivity index (χ0n) is 19.4. The van der Waals surface area contributed by atoms with Crippen LogP contribution in [-0.2, 0) is 13.5 Å². The van der Waals surface area contributed by atoms with Crippen LogP contribution in [0.2, 0.25) is 13.1 Å². The van der Waals surface area contributed by atoms with Gasteiger partial charge >= 0.3 is 0 Å². The number of hydrogen-bond donors (Lipinski definition) is 0. The molecular weight excluding hydrogens is 414 g/mol.